The van der Waals surface area contributed by atoms with Crippen molar-refractivity contribution in [2.75, 3.05) is 25.1 Å². The zero-order valence-corrected chi connectivity index (χ0v) is 16.2. The van der Waals surface area contributed by atoms with E-state index < -0.39 is 5.97 Å². The molecule has 0 unspecified atom stereocenters. The van der Waals surface area contributed by atoms with Crippen molar-refractivity contribution in [3.8, 4) is 5.75 Å². The highest BCUT2D eigenvalue weighted by atomic mass is 16.5. The molecule has 0 aromatic heterocycles. The van der Waals surface area contributed by atoms with Gasteiger partial charge in [-0.05, 0) is 62.6 Å². The summed E-state index contributed by atoms with van der Waals surface area (Å²) in [7, 11) is 0. The Morgan fingerprint density at radius 3 is 2.61 bits per heavy atom. The van der Waals surface area contributed by atoms with Gasteiger partial charge in [0, 0.05) is 12.3 Å². The second-order valence-electron chi connectivity index (χ2n) is 6.91. The largest absolute Gasteiger partial charge is 0.491 e. The van der Waals surface area contributed by atoms with Gasteiger partial charge >= 0.3 is 5.97 Å². The van der Waals surface area contributed by atoms with Crippen LogP contribution in [0.4, 0.5) is 5.69 Å². The summed E-state index contributed by atoms with van der Waals surface area (Å²) in [4.78, 5) is 24.2. The number of carbonyl (C=O) groups excluding carboxylic acids is 2. The topological polar surface area (TPSA) is 73.9 Å². The van der Waals surface area contributed by atoms with Gasteiger partial charge in [-0.3, -0.25) is 4.79 Å². The van der Waals surface area contributed by atoms with Crippen LogP contribution in [0.2, 0.25) is 0 Å². The van der Waals surface area contributed by atoms with Crippen molar-refractivity contribution in [2.24, 2.45) is 0 Å². The molecular formula is C22H25NO5. The zero-order chi connectivity index (χ0) is 19.9. The van der Waals surface area contributed by atoms with E-state index in [2.05, 4.69) is 5.32 Å². The molecule has 6 nitrogen and oxygen atoms in total. The second kappa shape index (κ2) is 9.37. The first kappa shape index (κ1) is 19.9. The molecule has 3 rings (SSSR count). The van der Waals surface area contributed by atoms with E-state index in [4.69, 9.17) is 14.2 Å². The average Bonchev–Trinajstić information content (AvgIpc) is 3.21. The summed E-state index contributed by atoms with van der Waals surface area (Å²) >= 11 is 0. The number of aryl methyl sites for hydroxylation is 2. The molecule has 148 valence electrons. The van der Waals surface area contributed by atoms with Crippen LogP contribution < -0.4 is 10.1 Å². The summed E-state index contributed by atoms with van der Waals surface area (Å²) in [5.41, 5.74) is 3.14. The number of ether oxygens (including phenoxy) is 3. The highest BCUT2D eigenvalue weighted by Gasteiger charge is 2.16. The quantitative estimate of drug-likeness (QED) is 0.739. The highest BCUT2D eigenvalue weighted by Crippen LogP contribution is 2.18. The van der Waals surface area contributed by atoms with Gasteiger partial charge in [0.25, 0.3) is 5.91 Å². The Labute approximate surface area is 164 Å². The molecule has 1 saturated heterocycles. The number of amides is 1. The fourth-order valence-electron chi connectivity index (χ4n) is 3.01. The fourth-order valence-corrected chi connectivity index (χ4v) is 3.01. The van der Waals surface area contributed by atoms with Crippen LogP contribution >= 0.6 is 0 Å². The third-order valence-electron chi connectivity index (χ3n) is 4.54. The first-order chi connectivity index (χ1) is 13.5. The summed E-state index contributed by atoms with van der Waals surface area (Å²) in [6, 6.07) is 12.4. The van der Waals surface area contributed by atoms with Gasteiger partial charge in [0.05, 0.1) is 11.7 Å². The van der Waals surface area contributed by atoms with Gasteiger partial charge < -0.3 is 19.5 Å². The van der Waals surface area contributed by atoms with Crippen LogP contribution in [0.25, 0.3) is 0 Å². The molecule has 1 fully saturated rings. The lowest BCUT2D eigenvalue weighted by atomic mass is 10.1. The molecule has 1 aliphatic rings. The minimum Gasteiger partial charge on any atom is -0.491 e. The normalized spacial score (nSPS) is 15.9. The van der Waals surface area contributed by atoms with Crippen LogP contribution in [0.5, 0.6) is 5.75 Å². The minimum atomic E-state index is -0.554. The molecule has 1 heterocycles. The molecule has 0 spiro atoms. The summed E-state index contributed by atoms with van der Waals surface area (Å²) in [5, 5.41) is 2.75. The minimum absolute atomic E-state index is 0.139. The van der Waals surface area contributed by atoms with Crippen molar-refractivity contribution < 1.29 is 23.8 Å². The van der Waals surface area contributed by atoms with Crippen LogP contribution in [0.1, 0.15) is 34.3 Å². The maximum Gasteiger partial charge on any atom is 0.338 e. The van der Waals surface area contributed by atoms with Crippen LogP contribution in [-0.2, 0) is 14.3 Å². The number of rotatable bonds is 7. The number of esters is 1. The number of carbonyl (C=O) groups is 2. The van der Waals surface area contributed by atoms with Crippen LogP contribution in [-0.4, -0.2) is 37.8 Å². The molecular weight excluding hydrogens is 358 g/mol. The number of nitrogens with one attached hydrogen (secondary N) is 1. The monoisotopic (exact) mass is 383 g/mol. The van der Waals surface area contributed by atoms with Crippen LogP contribution in [0, 0.1) is 13.8 Å². The summed E-state index contributed by atoms with van der Waals surface area (Å²) in [6.07, 6.45) is 2.21. The van der Waals surface area contributed by atoms with Crippen molar-refractivity contribution in [1.82, 2.24) is 0 Å². The van der Waals surface area contributed by atoms with Crippen molar-refractivity contribution in [2.45, 2.75) is 32.8 Å². The third-order valence-corrected chi connectivity index (χ3v) is 4.54. The smallest absolute Gasteiger partial charge is 0.338 e. The van der Waals surface area contributed by atoms with E-state index in [9.17, 15) is 9.59 Å². The summed E-state index contributed by atoms with van der Waals surface area (Å²) in [5.74, 6) is -0.266. The Balaban J connectivity index is 1.45. The van der Waals surface area contributed by atoms with E-state index in [1.54, 1.807) is 24.3 Å². The van der Waals surface area contributed by atoms with E-state index in [1.165, 1.54) is 0 Å². The van der Waals surface area contributed by atoms with Crippen LogP contribution in [0.3, 0.4) is 0 Å². The molecule has 1 N–H and O–H groups in total. The second-order valence-corrected chi connectivity index (χ2v) is 6.91. The Morgan fingerprint density at radius 2 is 1.93 bits per heavy atom. The Kier molecular flexibility index (Phi) is 6.66. The molecule has 1 amide bonds. The molecule has 0 radical (unpaired) electrons. The van der Waals surface area contributed by atoms with Crippen molar-refractivity contribution in [1.29, 1.82) is 0 Å². The lowest BCUT2D eigenvalue weighted by Gasteiger charge is -2.12. The maximum atomic E-state index is 12.1. The third kappa shape index (κ3) is 5.57. The summed E-state index contributed by atoms with van der Waals surface area (Å²) in [6.45, 7) is 4.85. The SMILES string of the molecule is Cc1ccc(NC(=O)COC(=O)c2ccc(OC[C@H]3CCCO3)cc2)c(C)c1. The number of anilines is 1. The van der Waals surface area contributed by atoms with Crippen molar-refractivity contribution in [3.05, 3.63) is 59.2 Å². The van der Waals surface area contributed by atoms with Crippen molar-refractivity contribution >= 4 is 17.6 Å². The fraction of sp³-hybridized carbons (Fsp3) is 0.364. The predicted octanol–water partition coefficient (Wildman–Crippen LogP) is 3.66. The van der Waals surface area contributed by atoms with Gasteiger partial charge in [0.1, 0.15) is 12.4 Å². The molecule has 0 aliphatic carbocycles. The molecule has 6 heteroatoms. The van der Waals surface area contributed by atoms with E-state index >= 15 is 0 Å². The number of benzene rings is 2. The van der Waals surface area contributed by atoms with E-state index in [-0.39, 0.29) is 18.6 Å². The lowest BCUT2D eigenvalue weighted by molar-refractivity contribution is -0.119. The molecule has 0 bridgehead atoms. The highest BCUT2D eigenvalue weighted by molar-refractivity contribution is 5.95. The molecule has 0 saturated carbocycles. The zero-order valence-electron chi connectivity index (χ0n) is 16.2. The van der Waals surface area contributed by atoms with Gasteiger partial charge in [0.2, 0.25) is 0 Å². The Bertz CT molecular complexity index is 825. The van der Waals surface area contributed by atoms with E-state index in [0.29, 0.717) is 23.6 Å². The average molecular weight is 383 g/mol. The van der Waals surface area contributed by atoms with E-state index in [0.717, 1.165) is 30.6 Å². The van der Waals surface area contributed by atoms with Gasteiger partial charge in [-0.1, -0.05) is 17.7 Å². The number of hydrogen-bond donors (Lipinski definition) is 1. The molecule has 1 aliphatic heterocycles. The van der Waals surface area contributed by atoms with Gasteiger partial charge in [0.15, 0.2) is 6.61 Å². The Morgan fingerprint density at radius 1 is 1.14 bits per heavy atom. The van der Waals surface area contributed by atoms with Crippen LogP contribution in [0.15, 0.2) is 42.5 Å². The van der Waals surface area contributed by atoms with Gasteiger partial charge in [-0.2, -0.15) is 0 Å². The Hall–Kier alpha value is -2.86. The summed E-state index contributed by atoms with van der Waals surface area (Å²) < 4.78 is 16.3. The molecule has 2 aromatic carbocycles. The molecule has 28 heavy (non-hydrogen) atoms. The standard InChI is InChI=1S/C22H25NO5/c1-15-5-10-20(16(2)12-15)23-21(24)14-28-22(25)17-6-8-18(9-7-17)27-13-19-4-3-11-26-19/h5-10,12,19H,3-4,11,13-14H2,1-2H3,(H,23,24)/t19-/m1/s1. The van der Waals surface area contributed by atoms with Gasteiger partial charge in [-0.15, -0.1) is 0 Å². The lowest BCUT2D eigenvalue weighted by Crippen LogP contribution is -2.21. The molecule has 2 aromatic rings. The first-order valence-electron chi connectivity index (χ1n) is 9.40. The number of hydrogen-bond acceptors (Lipinski definition) is 5. The van der Waals surface area contributed by atoms with E-state index in [1.807, 2.05) is 32.0 Å². The predicted molar refractivity (Wildman–Crippen MR) is 106 cm³/mol. The van der Waals surface area contributed by atoms with Gasteiger partial charge in [-0.25, -0.2) is 4.79 Å². The van der Waals surface area contributed by atoms with Crippen molar-refractivity contribution in [3.63, 3.8) is 0 Å². The molecule has 1 atom stereocenters. The first-order valence-corrected chi connectivity index (χ1v) is 9.40. The maximum absolute atomic E-state index is 12.1.